The molecular formula is C23H28N4O5S2. The quantitative estimate of drug-likeness (QED) is 0.525. The van der Waals surface area contributed by atoms with E-state index < -0.39 is 26.8 Å². The molecule has 182 valence electrons. The minimum absolute atomic E-state index is 0.0200. The highest BCUT2D eigenvalue weighted by molar-refractivity contribution is 7.99. The first-order valence-corrected chi connectivity index (χ1v) is 14.1. The van der Waals surface area contributed by atoms with Gasteiger partial charge >= 0.3 is 5.69 Å². The molecule has 1 N–H and O–H groups in total. The maximum atomic E-state index is 13.5. The van der Waals surface area contributed by atoms with Gasteiger partial charge in [0.2, 0.25) is 10.0 Å². The van der Waals surface area contributed by atoms with Crippen LogP contribution in [0.25, 0.3) is 10.9 Å². The van der Waals surface area contributed by atoms with Gasteiger partial charge in [0.1, 0.15) is 0 Å². The van der Waals surface area contributed by atoms with E-state index in [1.165, 1.54) is 12.1 Å². The van der Waals surface area contributed by atoms with Gasteiger partial charge in [0.25, 0.3) is 5.56 Å². The van der Waals surface area contributed by atoms with Crippen molar-refractivity contribution in [2.45, 2.75) is 63.1 Å². The number of benzene rings is 1. The molecule has 3 heterocycles. The number of aromatic nitrogens is 3. The largest absolute Gasteiger partial charge is 0.359 e. The fourth-order valence-electron chi connectivity index (χ4n) is 4.39. The molecule has 1 aliphatic heterocycles. The minimum atomic E-state index is -3.80. The van der Waals surface area contributed by atoms with Gasteiger partial charge in [-0.2, -0.15) is 11.8 Å². The lowest BCUT2D eigenvalue weighted by molar-refractivity contribution is 0.364. The normalized spacial score (nSPS) is 18.4. The Balaban J connectivity index is 1.65. The number of hydrogen-bond donors (Lipinski definition) is 1. The molecule has 1 aliphatic carbocycles. The number of aryl methyl sites for hydroxylation is 1. The smallest absolute Gasteiger partial charge is 0.331 e. The van der Waals surface area contributed by atoms with Gasteiger partial charge in [-0.1, -0.05) is 5.16 Å². The number of rotatable bonds is 7. The number of nitrogens with one attached hydrogen (secondary N) is 1. The lowest BCUT2D eigenvalue weighted by atomic mass is 10.0. The molecule has 2 fully saturated rings. The molecule has 1 aromatic carbocycles. The Kier molecular flexibility index (Phi) is 5.97. The summed E-state index contributed by atoms with van der Waals surface area (Å²) in [4.78, 5) is 27.0. The predicted octanol–water partition coefficient (Wildman–Crippen LogP) is 2.48. The molecule has 11 heteroatoms. The highest BCUT2D eigenvalue weighted by atomic mass is 32.2. The summed E-state index contributed by atoms with van der Waals surface area (Å²) in [6, 6.07) is 6.13. The summed E-state index contributed by atoms with van der Waals surface area (Å²) in [6.45, 7) is 4.04. The Morgan fingerprint density at radius 2 is 1.91 bits per heavy atom. The highest BCUT2D eigenvalue weighted by Gasteiger charge is 2.41. The summed E-state index contributed by atoms with van der Waals surface area (Å²) in [7, 11) is -3.80. The second-order valence-electron chi connectivity index (χ2n) is 9.62. The first kappa shape index (κ1) is 23.4. The van der Waals surface area contributed by atoms with Crippen LogP contribution in [0, 0.1) is 12.8 Å². The third-order valence-electron chi connectivity index (χ3n) is 6.66. The average molecular weight is 505 g/mol. The Morgan fingerprint density at radius 1 is 1.18 bits per heavy atom. The van der Waals surface area contributed by atoms with E-state index in [4.69, 9.17) is 4.52 Å². The summed E-state index contributed by atoms with van der Waals surface area (Å²) in [6.07, 6.45) is 3.55. The van der Waals surface area contributed by atoms with E-state index in [0.29, 0.717) is 29.4 Å². The minimum Gasteiger partial charge on any atom is -0.359 e. The monoisotopic (exact) mass is 504 g/mol. The topological polar surface area (TPSA) is 116 Å². The van der Waals surface area contributed by atoms with Gasteiger partial charge in [0.15, 0.2) is 5.76 Å². The third kappa shape index (κ3) is 4.60. The average Bonchev–Trinajstić information content (AvgIpc) is 3.37. The lowest BCUT2D eigenvalue weighted by Crippen LogP contribution is -2.41. The number of hydrogen-bond acceptors (Lipinski definition) is 7. The molecule has 0 radical (unpaired) electrons. The van der Waals surface area contributed by atoms with Crippen LogP contribution in [-0.2, 0) is 23.1 Å². The van der Waals surface area contributed by atoms with Crippen LogP contribution in [-0.4, -0.2) is 39.8 Å². The molecule has 0 atom stereocenters. The van der Waals surface area contributed by atoms with Crippen LogP contribution in [0.5, 0.6) is 0 Å². The molecule has 5 rings (SSSR count). The summed E-state index contributed by atoms with van der Waals surface area (Å²) >= 11 is 1.91. The van der Waals surface area contributed by atoms with Crippen molar-refractivity contribution in [1.82, 2.24) is 19.0 Å². The zero-order valence-electron chi connectivity index (χ0n) is 19.2. The van der Waals surface area contributed by atoms with Crippen LogP contribution in [0.3, 0.4) is 0 Å². The standard InChI is InChI=1S/C23H28N4O5S2/c1-15-11-17(32-24-15)14-27-21(28)19-12-18(34(30,31)25-23(2)7-8-23)3-4-20(19)26(22(27)29)13-16-5-9-33-10-6-16/h3-4,11-12,16,25H,5-10,13-14H2,1-2H3. The van der Waals surface area contributed by atoms with Crippen LogP contribution in [0.4, 0.5) is 0 Å². The van der Waals surface area contributed by atoms with Crippen molar-refractivity contribution >= 4 is 32.7 Å². The van der Waals surface area contributed by atoms with Crippen molar-refractivity contribution in [2.75, 3.05) is 11.5 Å². The molecule has 0 unspecified atom stereocenters. The summed E-state index contributed by atoms with van der Waals surface area (Å²) in [5, 5.41) is 4.05. The van der Waals surface area contributed by atoms with E-state index in [2.05, 4.69) is 9.88 Å². The molecular weight excluding hydrogens is 476 g/mol. The van der Waals surface area contributed by atoms with Crippen LogP contribution in [0.2, 0.25) is 0 Å². The second-order valence-corrected chi connectivity index (χ2v) is 12.5. The Hall–Kier alpha value is -2.37. The maximum absolute atomic E-state index is 13.5. The van der Waals surface area contributed by atoms with Gasteiger partial charge in [0.05, 0.1) is 28.0 Å². The zero-order valence-corrected chi connectivity index (χ0v) is 20.9. The molecule has 2 aromatic heterocycles. The van der Waals surface area contributed by atoms with Crippen molar-refractivity contribution in [1.29, 1.82) is 0 Å². The van der Waals surface area contributed by atoms with Crippen molar-refractivity contribution in [3.8, 4) is 0 Å². The SMILES string of the molecule is Cc1cc(Cn2c(=O)c3cc(S(=O)(=O)NC4(C)CC4)ccc3n(CC3CCSCC3)c2=O)on1. The molecule has 1 saturated heterocycles. The van der Waals surface area contributed by atoms with Gasteiger partial charge in [-0.25, -0.2) is 17.9 Å². The van der Waals surface area contributed by atoms with Gasteiger partial charge < -0.3 is 4.52 Å². The van der Waals surface area contributed by atoms with E-state index >= 15 is 0 Å². The van der Waals surface area contributed by atoms with Crippen LogP contribution in [0.15, 0.2) is 43.3 Å². The second kappa shape index (κ2) is 8.69. The Bertz CT molecular complexity index is 1460. The Labute approximate surface area is 201 Å². The van der Waals surface area contributed by atoms with Gasteiger partial charge in [-0.3, -0.25) is 13.9 Å². The molecule has 34 heavy (non-hydrogen) atoms. The molecule has 9 nitrogen and oxygen atoms in total. The Morgan fingerprint density at radius 3 is 2.56 bits per heavy atom. The maximum Gasteiger partial charge on any atom is 0.331 e. The predicted molar refractivity (Wildman–Crippen MR) is 131 cm³/mol. The van der Waals surface area contributed by atoms with E-state index in [-0.39, 0.29) is 16.8 Å². The van der Waals surface area contributed by atoms with Crippen molar-refractivity contribution in [3.05, 3.63) is 56.6 Å². The molecule has 1 saturated carbocycles. The van der Waals surface area contributed by atoms with E-state index in [1.54, 1.807) is 23.6 Å². The fraction of sp³-hybridized carbons (Fsp3) is 0.522. The summed E-state index contributed by atoms with van der Waals surface area (Å²) in [5.74, 6) is 2.80. The number of nitrogens with zero attached hydrogens (tertiary/aromatic N) is 3. The van der Waals surface area contributed by atoms with Gasteiger partial charge in [0, 0.05) is 18.2 Å². The molecule has 3 aromatic rings. The summed E-state index contributed by atoms with van der Waals surface area (Å²) in [5.41, 5.74) is -0.300. The molecule has 0 bridgehead atoms. The van der Waals surface area contributed by atoms with Gasteiger partial charge in [-0.05, 0) is 75.2 Å². The molecule has 0 spiro atoms. The molecule has 2 aliphatic rings. The van der Waals surface area contributed by atoms with Crippen LogP contribution >= 0.6 is 11.8 Å². The fourth-order valence-corrected chi connectivity index (χ4v) is 7.09. The van der Waals surface area contributed by atoms with Crippen molar-refractivity contribution in [2.24, 2.45) is 5.92 Å². The highest BCUT2D eigenvalue weighted by Crippen LogP contribution is 2.36. The van der Waals surface area contributed by atoms with Crippen molar-refractivity contribution < 1.29 is 12.9 Å². The van der Waals surface area contributed by atoms with Crippen molar-refractivity contribution in [3.63, 3.8) is 0 Å². The van der Waals surface area contributed by atoms with Gasteiger partial charge in [-0.15, -0.1) is 0 Å². The van der Waals surface area contributed by atoms with Crippen LogP contribution < -0.4 is 16.0 Å². The number of fused-ring (bicyclic) bond motifs is 1. The number of thioether (sulfide) groups is 1. The zero-order chi connectivity index (χ0) is 24.1. The first-order valence-electron chi connectivity index (χ1n) is 11.5. The van der Waals surface area contributed by atoms with Crippen LogP contribution in [0.1, 0.15) is 44.1 Å². The first-order chi connectivity index (χ1) is 16.2. The van der Waals surface area contributed by atoms with E-state index in [0.717, 1.165) is 41.8 Å². The van der Waals surface area contributed by atoms with E-state index in [1.807, 2.05) is 18.7 Å². The molecule has 0 amide bonds. The summed E-state index contributed by atoms with van der Waals surface area (Å²) < 4.78 is 36.7. The number of sulfonamides is 1. The lowest BCUT2D eigenvalue weighted by Gasteiger charge is -2.23. The van der Waals surface area contributed by atoms with E-state index in [9.17, 15) is 18.0 Å². The third-order valence-corrected chi connectivity index (χ3v) is 9.34.